The number of amides is 1. The lowest BCUT2D eigenvalue weighted by Crippen LogP contribution is -2.34. The first-order valence-corrected chi connectivity index (χ1v) is 8.40. The van der Waals surface area contributed by atoms with Gasteiger partial charge >= 0.3 is 0 Å². The Hall–Kier alpha value is -2.47. The number of carbonyl (C=O) groups is 1. The predicted molar refractivity (Wildman–Crippen MR) is 89.7 cm³/mol. The van der Waals surface area contributed by atoms with Gasteiger partial charge in [-0.05, 0) is 37.1 Å². The minimum atomic E-state index is -0.340. The Balaban J connectivity index is 1.70. The summed E-state index contributed by atoms with van der Waals surface area (Å²) in [4.78, 5) is 33.7. The Kier molecular flexibility index (Phi) is 3.46. The number of nitrogens with zero attached hydrogens (tertiary/aromatic N) is 2. The number of aromatic nitrogens is 2. The first kappa shape index (κ1) is 14.1. The van der Waals surface area contributed by atoms with Gasteiger partial charge in [-0.3, -0.25) is 9.59 Å². The van der Waals surface area contributed by atoms with E-state index in [-0.39, 0.29) is 23.1 Å². The summed E-state index contributed by atoms with van der Waals surface area (Å²) in [5, 5.41) is 0.949. The lowest BCUT2D eigenvalue weighted by Gasteiger charge is -2.22. The lowest BCUT2D eigenvalue weighted by molar-refractivity contribution is 0.0733. The van der Waals surface area contributed by atoms with Crippen LogP contribution < -0.4 is 5.56 Å². The number of fused-ring (bicyclic) bond motifs is 1. The van der Waals surface area contributed by atoms with Crippen LogP contribution in [0.5, 0.6) is 0 Å². The summed E-state index contributed by atoms with van der Waals surface area (Å²) in [6.07, 6.45) is 3.35. The molecule has 3 heterocycles. The van der Waals surface area contributed by atoms with Crippen molar-refractivity contribution >= 4 is 27.5 Å². The van der Waals surface area contributed by atoms with Gasteiger partial charge in [0.2, 0.25) is 0 Å². The van der Waals surface area contributed by atoms with Crippen LogP contribution in [0.2, 0.25) is 0 Å². The number of benzene rings is 1. The van der Waals surface area contributed by atoms with E-state index in [1.54, 1.807) is 28.4 Å². The summed E-state index contributed by atoms with van der Waals surface area (Å²) in [5.41, 5.74) is 0.817. The number of para-hydroxylation sites is 1. The van der Waals surface area contributed by atoms with Gasteiger partial charge in [0.1, 0.15) is 10.6 Å². The van der Waals surface area contributed by atoms with E-state index in [0.717, 1.165) is 28.1 Å². The van der Waals surface area contributed by atoms with Gasteiger partial charge in [-0.2, -0.15) is 0 Å². The van der Waals surface area contributed by atoms with Crippen LogP contribution in [-0.2, 0) is 0 Å². The monoisotopic (exact) mass is 325 g/mol. The van der Waals surface area contributed by atoms with Gasteiger partial charge in [-0.25, -0.2) is 4.98 Å². The highest BCUT2D eigenvalue weighted by Gasteiger charge is 2.33. The molecule has 1 atom stereocenters. The zero-order valence-corrected chi connectivity index (χ0v) is 13.2. The molecular formula is C17H15N3O2S. The molecule has 1 aliphatic rings. The van der Waals surface area contributed by atoms with Crippen LogP contribution in [0.15, 0.2) is 47.4 Å². The van der Waals surface area contributed by atoms with Crippen molar-refractivity contribution in [3.8, 4) is 0 Å². The van der Waals surface area contributed by atoms with Crippen molar-refractivity contribution in [3.05, 3.63) is 63.5 Å². The first-order valence-electron chi connectivity index (χ1n) is 7.58. The van der Waals surface area contributed by atoms with E-state index in [2.05, 4.69) is 9.97 Å². The molecule has 3 aromatic rings. The molecule has 6 heteroatoms. The van der Waals surface area contributed by atoms with Crippen LogP contribution >= 0.6 is 11.3 Å². The van der Waals surface area contributed by atoms with E-state index in [1.807, 2.05) is 24.3 Å². The molecule has 4 rings (SSSR count). The molecule has 0 radical (unpaired) electrons. The second-order valence-corrected chi connectivity index (χ2v) is 6.65. The minimum Gasteiger partial charge on any atom is -0.329 e. The smallest absolute Gasteiger partial charge is 0.260 e. The zero-order chi connectivity index (χ0) is 15.8. The van der Waals surface area contributed by atoms with E-state index in [9.17, 15) is 9.59 Å². The summed E-state index contributed by atoms with van der Waals surface area (Å²) in [6, 6.07) is 11.2. The fourth-order valence-electron chi connectivity index (χ4n) is 3.04. The molecule has 1 aromatic carbocycles. The number of hydrogen-bond acceptors (Lipinski definition) is 4. The highest BCUT2D eigenvalue weighted by Crippen LogP contribution is 2.36. The van der Waals surface area contributed by atoms with Gasteiger partial charge in [-0.1, -0.05) is 12.1 Å². The second-order valence-electron chi connectivity index (χ2n) is 5.59. The highest BCUT2D eigenvalue weighted by molar-refractivity contribution is 7.18. The first-order chi connectivity index (χ1) is 11.2. The van der Waals surface area contributed by atoms with E-state index >= 15 is 0 Å². The highest BCUT2D eigenvalue weighted by atomic mass is 32.1. The maximum absolute atomic E-state index is 12.7. The van der Waals surface area contributed by atoms with Crippen molar-refractivity contribution in [2.24, 2.45) is 0 Å². The largest absolute Gasteiger partial charge is 0.329 e. The summed E-state index contributed by atoms with van der Waals surface area (Å²) in [5.74, 6) is -0.214. The van der Waals surface area contributed by atoms with Gasteiger partial charge in [0, 0.05) is 12.7 Å². The van der Waals surface area contributed by atoms with Crippen molar-refractivity contribution in [1.29, 1.82) is 0 Å². The standard InChI is InChI=1S/C17H15N3O2S/c21-15-11(5-3-9-18-15)17(22)20-10-4-7-13(20)16-19-12-6-1-2-8-14(12)23-16/h1-3,5-6,8-9,13H,4,7,10H2,(H,18,21)/t13-/m0/s1. The number of aromatic amines is 1. The average Bonchev–Trinajstić information content (AvgIpc) is 3.21. The molecule has 2 aromatic heterocycles. The average molecular weight is 325 g/mol. The molecule has 0 bridgehead atoms. The van der Waals surface area contributed by atoms with Crippen molar-refractivity contribution in [3.63, 3.8) is 0 Å². The Bertz CT molecular complexity index is 897. The molecule has 0 spiro atoms. The molecular weight excluding hydrogens is 310 g/mol. The van der Waals surface area contributed by atoms with Crippen molar-refractivity contribution in [1.82, 2.24) is 14.9 Å². The Morgan fingerprint density at radius 2 is 2.13 bits per heavy atom. The van der Waals surface area contributed by atoms with Crippen molar-refractivity contribution in [2.45, 2.75) is 18.9 Å². The fraction of sp³-hybridized carbons (Fsp3) is 0.235. The molecule has 1 fully saturated rings. The number of rotatable bonds is 2. The van der Waals surface area contributed by atoms with Crippen molar-refractivity contribution in [2.75, 3.05) is 6.54 Å². The molecule has 0 unspecified atom stereocenters. The predicted octanol–water partition coefficient (Wildman–Crippen LogP) is 2.96. The molecule has 1 saturated heterocycles. The number of likely N-dealkylation sites (tertiary alicyclic amines) is 1. The Morgan fingerprint density at radius 1 is 1.26 bits per heavy atom. The third-order valence-corrected chi connectivity index (χ3v) is 5.30. The molecule has 0 saturated carbocycles. The van der Waals surface area contributed by atoms with Crippen LogP contribution in [-0.4, -0.2) is 27.3 Å². The van der Waals surface area contributed by atoms with Crippen LogP contribution in [0.4, 0.5) is 0 Å². The number of hydrogen-bond donors (Lipinski definition) is 1. The lowest BCUT2D eigenvalue weighted by atomic mass is 10.2. The zero-order valence-electron chi connectivity index (χ0n) is 12.4. The Labute approximate surface area is 136 Å². The third-order valence-electron chi connectivity index (χ3n) is 4.16. The van der Waals surface area contributed by atoms with E-state index in [0.29, 0.717) is 6.54 Å². The van der Waals surface area contributed by atoms with Gasteiger partial charge in [0.05, 0.1) is 16.3 Å². The van der Waals surface area contributed by atoms with E-state index in [1.165, 1.54) is 6.20 Å². The number of H-pyrrole nitrogens is 1. The van der Waals surface area contributed by atoms with Gasteiger partial charge in [0.25, 0.3) is 11.5 Å². The topological polar surface area (TPSA) is 66.1 Å². The summed E-state index contributed by atoms with van der Waals surface area (Å²) >= 11 is 1.62. The normalized spacial score (nSPS) is 17.7. The number of pyridine rings is 1. The summed E-state index contributed by atoms with van der Waals surface area (Å²) < 4.78 is 1.12. The quantitative estimate of drug-likeness (QED) is 0.788. The van der Waals surface area contributed by atoms with E-state index in [4.69, 9.17) is 0 Å². The minimum absolute atomic E-state index is 0.0421. The molecule has 1 N–H and O–H groups in total. The van der Waals surface area contributed by atoms with Gasteiger partial charge < -0.3 is 9.88 Å². The van der Waals surface area contributed by atoms with Crippen LogP contribution in [0.1, 0.15) is 34.2 Å². The van der Waals surface area contributed by atoms with E-state index < -0.39 is 0 Å². The van der Waals surface area contributed by atoms with Crippen LogP contribution in [0.3, 0.4) is 0 Å². The molecule has 5 nitrogen and oxygen atoms in total. The second kappa shape index (κ2) is 5.62. The number of nitrogens with one attached hydrogen (secondary N) is 1. The SMILES string of the molecule is O=C(c1ccc[nH]c1=O)N1CCC[C@H]1c1nc2ccccc2s1. The van der Waals surface area contributed by atoms with Gasteiger partial charge in [-0.15, -0.1) is 11.3 Å². The number of carbonyl (C=O) groups excluding carboxylic acids is 1. The maximum atomic E-state index is 12.7. The molecule has 1 amide bonds. The van der Waals surface area contributed by atoms with Crippen LogP contribution in [0, 0.1) is 0 Å². The summed E-state index contributed by atoms with van der Waals surface area (Å²) in [7, 11) is 0. The maximum Gasteiger partial charge on any atom is 0.260 e. The number of thiazole rings is 1. The summed E-state index contributed by atoms with van der Waals surface area (Å²) in [6.45, 7) is 0.660. The van der Waals surface area contributed by atoms with Crippen molar-refractivity contribution < 1.29 is 4.79 Å². The fourth-order valence-corrected chi connectivity index (χ4v) is 4.16. The molecule has 1 aliphatic heterocycles. The Morgan fingerprint density at radius 3 is 2.96 bits per heavy atom. The molecule has 23 heavy (non-hydrogen) atoms. The van der Waals surface area contributed by atoms with Gasteiger partial charge in [0.15, 0.2) is 0 Å². The molecule has 0 aliphatic carbocycles. The van der Waals surface area contributed by atoms with Crippen LogP contribution in [0.25, 0.3) is 10.2 Å². The molecule has 116 valence electrons. The third kappa shape index (κ3) is 2.45.